The van der Waals surface area contributed by atoms with Gasteiger partial charge in [-0.25, -0.2) is 9.59 Å². The van der Waals surface area contributed by atoms with Gasteiger partial charge in [-0.1, -0.05) is 25.1 Å². The van der Waals surface area contributed by atoms with E-state index in [0.717, 1.165) is 24.1 Å². The lowest BCUT2D eigenvalue weighted by Gasteiger charge is -2.35. The second-order valence-electron chi connectivity index (χ2n) is 5.67. The summed E-state index contributed by atoms with van der Waals surface area (Å²) in [4.78, 5) is 25.6. The number of aryl methyl sites for hydroxylation is 1. The Morgan fingerprint density at radius 3 is 2.30 bits per heavy atom. The zero-order valence-electron chi connectivity index (χ0n) is 14.1. The summed E-state index contributed by atoms with van der Waals surface area (Å²) in [5, 5.41) is 3.19. The Kier molecular flexibility index (Phi) is 5.64. The van der Waals surface area contributed by atoms with E-state index in [1.54, 1.807) is 13.8 Å². The summed E-state index contributed by atoms with van der Waals surface area (Å²) in [6.45, 7) is 5.90. The van der Waals surface area contributed by atoms with Gasteiger partial charge in [0.2, 0.25) is 5.54 Å². The van der Waals surface area contributed by atoms with Gasteiger partial charge >= 0.3 is 11.9 Å². The molecule has 0 bridgehead atoms. The zero-order valence-corrected chi connectivity index (χ0v) is 14.1. The number of anilines is 1. The highest BCUT2D eigenvalue weighted by Crippen LogP contribution is 2.37. The molecule has 1 aliphatic heterocycles. The van der Waals surface area contributed by atoms with E-state index < -0.39 is 17.5 Å². The van der Waals surface area contributed by atoms with Crippen molar-refractivity contribution < 1.29 is 19.1 Å². The predicted octanol–water partition coefficient (Wildman–Crippen LogP) is 2.94. The van der Waals surface area contributed by atoms with Crippen molar-refractivity contribution in [3.63, 3.8) is 0 Å². The first-order valence-electron chi connectivity index (χ1n) is 8.30. The average Bonchev–Trinajstić information content (AvgIpc) is 2.72. The minimum atomic E-state index is -1.48. The lowest BCUT2D eigenvalue weighted by Crippen LogP contribution is -2.59. The molecule has 1 heterocycles. The van der Waals surface area contributed by atoms with Crippen LogP contribution < -0.4 is 5.32 Å². The van der Waals surface area contributed by atoms with Gasteiger partial charge in [0.15, 0.2) is 0 Å². The molecule has 0 fully saturated rings. The summed E-state index contributed by atoms with van der Waals surface area (Å²) in [6.07, 6.45) is 2.21. The molecule has 1 atom stereocenters. The number of rotatable bonds is 5. The lowest BCUT2D eigenvalue weighted by molar-refractivity contribution is -0.165. The minimum absolute atomic E-state index is 0.187. The Labute approximate surface area is 137 Å². The maximum Gasteiger partial charge on any atom is 0.343 e. The van der Waals surface area contributed by atoms with E-state index in [-0.39, 0.29) is 19.1 Å². The van der Waals surface area contributed by atoms with Crippen LogP contribution in [0.25, 0.3) is 0 Å². The molecule has 0 saturated carbocycles. The highest BCUT2D eigenvalue weighted by Gasteiger charge is 2.55. The normalized spacial score (nSPS) is 19.0. The molecule has 2 rings (SSSR count). The standard InChI is InChI=1S/C18H25NO4/c1-4-14-12-11-13-9-7-8-10-15(13)19-18(14,16(20)22-5-2)17(21)23-6-3/h7-10,14,19H,4-6,11-12H2,1-3H3. The molecule has 1 unspecified atom stereocenters. The van der Waals surface area contributed by atoms with E-state index in [4.69, 9.17) is 9.47 Å². The first kappa shape index (κ1) is 17.3. The van der Waals surface area contributed by atoms with E-state index >= 15 is 0 Å². The van der Waals surface area contributed by atoms with Crippen molar-refractivity contribution in [2.24, 2.45) is 5.92 Å². The van der Waals surface area contributed by atoms with Gasteiger partial charge in [-0.3, -0.25) is 0 Å². The lowest BCUT2D eigenvalue weighted by atomic mass is 9.79. The molecule has 23 heavy (non-hydrogen) atoms. The molecule has 1 aliphatic rings. The van der Waals surface area contributed by atoms with Gasteiger partial charge in [-0.15, -0.1) is 0 Å². The SMILES string of the molecule is CCOC(=O)C1(C(=O)OCC)Nc2ccccc2CCC1CC. The quantitative estimate of drug-likeness (QED) is 0.668. The molecular formula is C18H25NO4. The summed E-state index contributed by atoms with van der Waals surface area (Å²) in [5.74, 6) is -1.29. The third-order valence-electron chi connectivity index (χ3n) is 4.41. The van der Waals surface area contributed by atoms with E-state index in [0.29, 0.717) is 6.42 Å². The number of hydrogen-bond donors (Lipinski definition) is 1. The second-order valence-corrected chi connectivity index (χ2v) is 5.67. The molecule has 0 aliphatic carbocycles. The van der Waals surface area contributed by atoms with Crippen molar-refractivity contribution in [3.8, 4) is 0 Å². The first-order chi connectivity index (χ1) is 11.1. The fourth-order valence-electron chi connectivity index (χ4n) is 3.24. The Morgan fingerprint density at radius 1 is 1.13 bits per heavy atom. The van der Waals surface area contributed by atoms with Crippen LogP contribution in [0.4, 0.5) is 5.69 Å². The number of carbonyl (C=O) groups is 2. The zero-order chi connectivity index (χ0) is 16.9. The average molecular weight is 319 g/mol. The van der Waals surface area contributed by atoms with Gasteiger partial charge in [0.05, 0.1) is 13.2 Å². The first-order valence-corrected chi connectivity index (χ1v) is 8.30. The molecule has 0 radical (unpaired) electrons. The molecule has 126 valence electrons. The van der Waals surface area contributed by atoms with Crippen molar-refractivity contribution >= 4 is 17.6 Å². The van der Waals surface area contributed by atoms with Crippen LogP contribution >= 0.6 is 0 Å². The number of carbonyl (C=O) groups excluding carboxylic acids is 2. The number of fused-ring (bicyclic) bond motifs is 1. The van der Waals surface area contributed by atoms with Crippen LogP contribution in [-0.2, 0) is 25.5 Å². The molecule has 0 spiro atoms. The highest BCUT2D eigenvalue weighted by atomic mass is 16.6. The van der Waals surface area contributed by atoms with Crippen molar-refractivity contribution in [2.45, 2.75) is 45.6 Å². The fourth-order valence-corrected chi connectivity index (χ4v) is 3.24. The van der Waals surface area contributed by atoms with Crippen LogP contribution in [0.15, 0.2) is 24.3 Å². The van der Waals surface area contributed by atoms with Crippen LogP contribution in [0.5, 0.6) is 0 Å². The van der Waals surface area contributed by atoms with Gasteiger partial charge in [-0.2, -0.15) is 0 Å². The molecule has 1 aromatic rings. The molecule has 1 N–H and O–H groups in total. The van der Waals surface area contributed by atoms with Crippen LogP contribution in [0.2, 0.25) is 0 Å². The van der Waals surface area contributed by atoms with Crippen LogP contribution in [0.3, 0.4) is 0 Å². The number of hydrogen-bond acceptors (Lipinski definition) is 5. The fraction of sp³-hybridized carbons (Fsp3) is 0.556. The summed E-state index contributed by atoms with van der Waals surface area (Å²) in [6, 6.07) is 7.75. The van der Waals surface area contributed by atoms with Crippen molar-refractivity contribution in [1.82, 2.24) is 0 Å². The molecule has 0 saturated heterocycles. The van der Waals surface area contributed by atoms with E-state index in [1.807, 2.05) is 31.2 Å². The van der Waals surface area contributed by atoms with E-state index in [2.05, 4.69) is 5.32 Å². The van der Waals surface area contributed by atoms with Gasteiger partial charge in [0.1, 0.15) is 0 Å². The molecule has 0 amide bonds. The Balaban J connectivity index is 2.54. The second kappa shape index (κ2) is 7.49. The Hall–Kier alpha value is -2.04. The van der Waals surface area contributed by atoms with Gasteiger partial charge < -0.3 is 14.8 Å². The Morgan fingerprint density at radius 2 is 1.74 bits per heavy atom. The van der Waals surface area contributed by atoms with Crippen LogP contribution in [0.1, 0.15) is 39.2 Å². The predicted molar refractivity (Wildman–Crippen MR) is 88.2 cm³/mol. The third-order valence-corrected chi connectivity index (χ3v) is 4.41. The molecule has 1 aromatic carbocycles. The highest BCUT2D eigenvalue weighted by molar-refractivity contribution is 6.08. The Bertz CT molecular complexity index is 552. The van der Waals surface area contributed by atoms with E-state index in [1.165, 1.54) is 0 Å². The molecule has 0 aromatic heterocycles. The molecule has 5 nitrogen and oxygen atoms in total. The number of para-hydroxylation sites is 1. The number of esters is 2. The third kappa shape index (κ3) is 3.19. The van der Waals surface area contributed by atoms with Crippen LogP contribution in [0, 0.1) is 5.92 Å². The maximum atomic E-state index is 12.8. The summed E-state index contributed by atoms with van der Waals surface area (Å²) < 4.78 is 10.5. The van der Waals surface area contributed by atoms with Gasteiger partial charge in [0.25, 0.3) is 0 Å². The van der Waals surface area contributed by atoms with Crippen molar-refractivity contribution in [3.05, 3.63) is 29.8 Å². The number of nitrogens with one attached hydrogen (secondary N) is 1. The summed E-state index contributed by atoms with van der Waals surface area (Å²) >= 11 is 0. The van der Waals surface area contributed by atoms with Gasteiger partial charge in [0, 0.05) is 11.6 Å². The van der Waals surface area contributed by atoms with Crippen LogP contribution in [-0.4, -0.2) is 30.7 Å². The van der Waals surface area contributed by atoms with Gasteiger partial charge in [-0.05, 0) is 44.7 Å². The molecule has 5 heteroatoms. The maximum absolute atomic E-state index is 12.8. The van der Waals surface area contributed by atoms with E-state index in [9.17, 15) is 9.59 Å². The van der Waals surface area contributed by atoms with Crippen molar-refractivity contribution in [1.29, 1.82) is 0 Å². The minimum Gasteiger partial charge on any atom is -0.464 e. The molecular weight excluding hydrogens is 294 g/mol. The monoisotopic (exact) mass is 319 g/mol. The summed E-state index contributed by atoms with van der Waals surface area (Å²) in [5.41, 5.74) is 0.416. The topological polar surface area (TPSA) is 64.6 Å². The number of ether oxygens (including phenoxy) is 2. The summed E-state index contributed by atoms with van der Waals surface area (Å²) in [7, 11) is 0. The largest absolute Gasteiger partial charge is 0.464 e. The van der Waals surface area contributed by atoms with Crippen molar-refractivity contribution in [2.75, 3.05) is 18.5 Å². The smallest absolute Gasteiger partial charge is 0.343 e. The number of benzene rings is 1.